The van der Waals surface area contributed by atoms with Crippen molar-refractivity contribution in [1.82, 2.24) is 0 Å². The van der Waals surface area contributed by atoms with Gasteiger partial charge in [0, 0.05) is 0 Å². The third kappa shape index (κ3) is 2.18. The molecule has 0 saturated heterocycles. The fraction of sp³-hybridized carbons (Fsp3) is 0. The van der Waals surface area contributed by atoms with Crippen LogP contribution in [0.1, 0.15) is 0 Å². The third-order valence-corrected chi connectivity index (χ3v) is 2.79. The van der Waals surface area contributed by atoms with Crippen molar-refractivity contribution >= 4 is 23.2 Å². The molecule has 0 aliphatic rings. The van der Waals surface area contributed by atoms with Crippen molar-refractivity contribution in [2.24, 2.45) is 0 Å². The van der Waals surface area contributed by atoms with Gasteiger partial charge in [-0.15, -0.1) is 0 Å². The summed E-state index contributed by atoms with van der Waals surface area (Å²) in [5.74, 6) is -1.07. The lowest BCUT2D eigenvalue weighted by Gasteiger charge is -2.03. The molecule has 0 aliphatic carbocycles. The number of hydrogen-bond donors (Lipinski definition) is 0. The SMILES string of the molecule is Fc1cc(-c2ccc(Cl)c(F)c2)ccc1Cl. The van der Waals surface area contributed by atoms with Crippen LogP contribution in [0.5, 0.6) is 0 Å². The van der Waals surface area contributed by atoms with E-state index in [0.29, 0.717) is 11.1 Å². The number of halogens is 4. The molecule has 4 heteroatoms. The minimum Gasteiger partial charge on any atom is -0.205 e. The molecular formula is C12H6Cl2F2. The van der Waals surface area contributed by atoms with Gasteiger partial charge in [0.2, 0.25) is 0 Å². The third-order valence-electron chi connectivity index (χ3n) is 2.17. The van der Waals surface area contributed by atoms with Crippen LogP contribution in [0.15, 0.2) is 36.4 Å². The molecule has 0 fully saturated rings. The fourth-order valence-electron chi connectivity index (χ4n) is 1.35. The second kappa shape index (κ2) is 4.40. The Morgan fingerprint density at radius 2 is 1.06 bits per heavy atom. The lowest BCUT2D eigenvalue weighted by molar-refractivity contribution is 0.626. The van der Waals surface area contributed by atoms with Gasteiger partial charge in [-0.05, 0) is 35.4 Å². The van der Waals surface area contributed by atoms with Crippen molar-refractivity contribution in [3.8, 4) is 11.1 Å². The van der Waals surface area contributed by atoms with Crippen molar-refractivity contribution in [2.45, 2.75) is 0 Å². The number of benzene rings is 2. The Morgan fingerprint density at radius 3 is 1.38 bits per heavy atom. The molecule has 0 atom stereocenters. The van der Waals surface area contributed by atoms with Gasteiger partial charge < -0.3 is 0 Å². The van der Waals surface area contributed by atoms with Crippen LogP contribution in [0.3, 0.4) is 0 Å². The lowest BCUT2D eigenvalue weighted by Crippen LogP contribution is -1.84. The smallest absolute Gasteiger partial charge is 0.142 e. The first-order chi connectivity index (χ1) is 7.58. The molecule has 0 aliphatic heterocycles. The summed E-state index contributed by atoms with van der Waals surface area (Å²) in [7, 11) is 0. The molecule has 0 nitrogen and oxygen atoms in total. The van der Waals surface area contributed by atoms with Gasteiger partial charge in [-0.1, -0.05) is 35.3 Å². The Kier molecular flexibility index (Phi) is 3.13. The Morgan fingerprint density at radius 1 is 0.688 bits per heavy atom. The molecule has 16 heavy (non-hydrogen) atoms. The van der Waals surface area contributed by atoms with E-state index in [1.54, 1.807) is 12.1 Å². The van der Waals surface area contributed by atoms with Gasteiger partial charge in [0.15, 0.2) is 0 Å². The standard InChI is InChI=1S/C12H6Cl2F2/c13-9-3-1-7(5-11(9)15)8-2-4-10(14)12(16)6-8/h1-6H. The van der Waals surface area contributed by atoms with E-state index in [1.165, 1.54) is 24.3 Å². The summed E-state index contributed by atoms with van der Waals surface area (Å²) in [5, 5.41) is 0.0800. The van der Waals surface area contributed by atoms with E-state index in [0.717, 1.165) is 0 Å². The van der Waals surface area contributed by atoms with E-state index in [-0.39, 0.29) is 10.0 Å². The van der Waals surface area contributed by atoms with Gasteiger partial charge in [0.05, 0.1) is 10.0 Å². The van der Waals surface area contributed by atoms with Gasteiger partial charge in [-0.3, -0.25) is 0 Å². The lowest BCUT2D eigenvalue weighted by atomic mass is 10.1. The summed E-state index contributed by atoms with van der Waals surface area (Å²) < 4.78 is 26.4. The second-order valence-electron chi connectivity index (χ2n) is 3.26. The van der Waals surface area contributed by atoms with Crippen LogP contribution in [0.4, 0.5) is 8.78 Å². The van der Waals surface area contributed by atoms with Crippen molar-refractivity contribution < 1.29 is 8.78 Å². The molecule has 82 valence electrons. The summed E-state index contributed by atoms with van der Waals surface area (Å²) in [4.78, 5) is 0. The average molecular weight is 259 g/mol. The van der Waals surface area contributed by atoms with E-state index in [1.807, 2.05) is 0 Å². The predicted molar refractivity (Wildman–Crippen MR) is 61.8 cm³/mol. The monoisotopic (exact) mass is 258 g/mol. The van der Waals surface area contributed by atoms with Gasteiger partial charge in [0.25, 0.3) is 0 Å². The van der Waals surface area contributed by atoms with Gasteiger partial charge >= 0.3 is 0 Å². The van der Waals surface area contributed by atoms with Crippen molar-refractivity contribution in [3.63, 3.8) is 0 Å². The molecule has 0 bridgehead atoms. The second-order valence-corrected chi connectivity index (χ2v) is 4.07. The van der Waals surface area contributed by atoms with E-state index in [2.05, 4.69) is 0 Å². The molecular weight excluding hydrogens is 253 g/mol. The first kappa shape index (κ1) is 11.4. The van der Waals surface area contributed by atoms with Crippen molar-refractivity contribution in [3.05, 3.63) is 58.1 Å². The van der Waals surface area contributed by atoms with Crippen LogP contribution in [-0.2, 0) is 0 Å². The molecule has 2 aromatic carbocycles. The van der Waals surface area contributed by atoms with Crippen LogP contribution in [-0.4, -0.2) is 0 Å². The highest BCUT2D eigenvalue weighted by Crippen LogP contribution is 2.26. The Labute approximate surface area is 101 Å². The minimum absolute atomic E-state index is 0.0400. The topological polar surface area (TPSA) is 0 Å². The fourth-order valence-corrected chi connectivity index (χ4v) is 1.59. The van der Waals surface area contributed by atoms with Crippen LogP contribution >= 0.6 is 23.2 Å². The highest BCUT2D eigenvalue weighted by Gasteiger charge is 2.06. The summed E-state index contributed by atoms with van der Waals surface area (Å²) in [5.41, 5.74) is 1.11. The zero-order valence-corrected chi connectivity index (χ0v) is 9.49. The summed E-state index contributed by atoms with van der Waals surface area (Å²) >= 11 is 11.1. The largest absolute Gasteiger partial charge is 0.205 e. The molecule has 0 amide bonds. The molecule has 2 rings (SSSR count). The Balaban J connectivity index is 2.50. The van der Waals surface area contributed by atoms with Gasteiger partial charge in [-0.2, -0.15) is 0 Å². The number of rotatable bonds is 1. The highest BCUT2D eigenvalue weighted by atomic mass is 35.5. The van der Waals surface area contributed by atoms with Crippen LogP contribution in [0, 0.1) is 11.6 Å². The molecule has 0 spiro atoms. The summed E-state index contributed by atoms with van der Waals surface area (Å²) in [6.45, 7) is 0. The van der Waals surface area contributed by atoms with E-state index < -0.39 is 11.6 Å². The molecule has 0 unspecified atom stereocenters. The maximum absolute atomic E-state index is 13.2. The molecule has 0 N–H and O–H groups in total. The molecule has 0 saturated carbocycles. The molecule has 2 aromatic rings. The molecule has 0 radical (unpaired) electrons. The van der Waals surface area contributed by atoms with Gasteiger partial charge in [0.1, 0.15) is 11.6 Å². The first-order valence-electron chi connectivity index (χ1n) is 4.48. The van der Waals surface area contributed by atoms with Crippen LogP contribution in [0.2, 0.25) is 10.0 Å². The van der Waals surface area contributed by atoms with Crippen LogP contribution in [0.25, 0.3) is 11.1 Å². The Hall–Kier alpha value is -1.12. The first-order valence-corrected chi connectivity index (χ1v) is 5.24. The quantitative estimate of drug-likeness (QED) is 0.680. The predicted octanol–water partition coefficient (Wildman–Crippen LogP) is 4.94. The minimum atomic E-state index is -0.533. The van der Waals surface area contributed by atoms with E-state index in [9.17, 15) is 8.78 Å². The summed E-state index contributed by atoms with van der Waals surface area (Å²) in [6.07, 6.45) is 0. The maximum atomic E-state index is 13.2. The molecule has 0 heterocycles. The van der Waals surface area contributed by atoms with Crippen LogP contribution < -0.4 is 0 Å². The summed E-state index contributed by atoms with van der Waals surface area (Å²) in [6, 6.07) is 8.61. The normalized spacial score (nSPS) is 10.5. The van der Waals surface area contributed by atoms with Crippen molar-refractivity contribution in [1.29, 1.82) is 0 Å². The van der Waals surface area contributed by atoms with E-state index >= 15 is 0 Å². The van der Waals surface area contributed by atoms with Gasteiger partial charge in [-0.25, -0.2) is 8.78 Å². The zero-order chi connectivity index (χ0) is 11.7. The highest BCUT2D eigenvalue weighted by molar-refractivity contribution is 6.31. The molecule has 0 aromatic heterocycles. The average Bonchev–Trinajstić information content (AvgIpc) is 2.26. The zero-order valence-electron chi connectivity index (χ0n) is 7.98. The number of hydrogen-bond acceptors (Lipinski definition) is 0. The van der Waals surface area contributed by atoms with E-state index in [4.69, 9.17) is 23.2 Å². The Bertz CT molecular complexity index is 489. The van der Waals surface area contributed by atoms with Crippen molar-refractivity contribution in [2.75, 3.05) is 0 Å². The maximum Gasteiger partial charge on any atom is 0.142 e.